The molecule has 2 nitrogen and oxygen atoms in total. The van der Waals surface area contributed by atoms with Crippen LogP contribution in [-0.4, -0.2) is 13.1 Å². The Morgan fingerprint density at radius 1 is 1.41 bits per heavy atom. The largest absolute Gasteiger partial charge is 0.466 e. The zero-order valence-electron chi connectivity index (χ0n) is 10.8. The molecule has 0 radical (unpaired) electrons. The summed E-state index contributed by atoms with van der Waals surface area (Å²) in [4.78, 5) is 11.1. The lowest BCUT2D eigenvalue weighted by Crippen LogP contribution is -1.95. The highest BCUT2D eigenvalue weighted by Gasteiger charge is 2.01. The summed E-state index contributed by atoms with van der Waals surface area (Å²) in [5, 5.41) is 0. The zero-order valence-corrected chi connectivity index (χ0v) is 10.8. The molecule has 0 aliphatic rings. The first kappa shape index (κ1) is 13.5. The summed E-state index contributed by atoms with van der Waals surface area (Å²) < 4.78 is 4.59. The van der Waals surface area contributed by atoms with E-state index < -0.39 is 0 Å². The smallest absolute Gasteiger partial charge is 0.330 e. The molecule has 1 rings (SSSR count). The van der Waals surface area contributed by atoms with Crippen molar-refractivity contribution in [2.75, 3.05) is 7.11 Å². The Kier molecular flexibility index (Phi) is 5.47. The number of rotatable bonds is 5. The predicted octanol–water partition coefficient (Wildman–Crippen LogP) is 3.52. The van der Waals surface area contributed by atoms with E-state index in [1.165, 1.54) is 37.2 Å². The molecule has 0 N–H and O–H groups in total. The first-order valence-corrected chi connectivity index (χ1v) is 6.03. The Balaban J connectivity index is 2.89. The van der Waals surface area contributed by atoms with Crippen molar-refractivity contribution in [3.8, 4) is 0 Å². The molecular weight excluding hydrogens is 212 g/mol. The van der Waals surface area contributed by atoms with E-state index in [0.717, 1.165) is 12.0 Å². The first-order chi connectivity index (χ1) is 8.17. The quantitative estimate of drug-likeness (QED) is 0.573. The van der Waals surface area contributed by atoms with Gasteiger partial charge in [0.05, 0.1) is 7.11 Å². The van der Waals surface area contributed by atoms with Crippen LogP contribution < -0.4 is 0 Å². The number of esters is 1. The molecule has 0 amide bonds. The minimum Gasteiger partial charge on any atom is -0.466 e. The minimum absolute atomic E-state index is 0.313. The number of methoxy groups -OCH3 is 1. The third kappa shape index (κ3) is 4.43. The molecule has 0 aromatic heterocycles. The topological polar surface area (TPSA) is 26.3 Å². The van der Waals surface area contributed by atoms with E-state index in [1.54, 1.807) is 0 Å². The van der Waals surface area contributed by atoms with Crippen LogP contribution in [0, 0.1) is 6.92 Å². The van der Waals surface area contributed by atoms with Gasteiger partial charge < -0.3 is 4.74 Å². The highest BCUT2D eigenvalue weighted by molar-refractivity contribution is 5.87. The average Bonchev–Trinajstić information content (AvgIpc) is 2.34. The van der Waals surface area contributed by atoms with Crippen molar-refractivity contribution < 1.29 is 9.53 Å². The molecule has 2 heteroatoms. The first-order valence-electron chi connectivity index (χ1n) is 6.03. The molecule has 1 aromatic rings. The predicted molar refractivity (Wildman–Crippen MR) is 70.8 cm³/mol. The van der Waals surface area contributed by atoms with Crippen LogP contribution >= 0.6 is 0 Å². The van der Waals surface area contributed by atoms with Crippen LogP contribution in [0.5, 0.6) is 0 Å². The molecule has 1 aromatic carbocycles. The van der Waals surface area contributed by atoms with Crippen LogP contribution in [0.3, 0.4) is 0 Å². The summed E-state index contributed by atoms with van der Waals surface area (Å²) in [7, 11) is 1.39. The third-order valence-electron chi connectivity index (χ3n) is 2.70. The molecule has 0 unspecified atom stereocenters. The summed E-state index contributed by atoms with van der Waals surface area (Å²) in [5.74, 6) is -0.313. The van der Waals surface area contributed by atoms with Gasteiger partial charge in [-0.1, -0.05) is 37.1 Å². The molecular formula is C15H20O2. The number of carbonyl (C=O) groups is 1. The van der Waals surface area contributed by atoms with Crippen LogP contribution in [0.25, 0.3) is 6.08 Å². The monoisotopic (exact) mass is 232 g/mol. The second-order valence-electron chi connectivity index (χ2n) is 4.16. The van der Waals surface area contributed by atoms with E-state index in [9.17, 15) is 4.79 Å². The second kappa shape index (κ2) is 6.89. The Morgan fingerprint density at radius 2 is 2.18 bits per heavy atom. The van der Waals surface area contributed by atoms with Crippen LogP contribution in [0.15, 0.2) is 24.3 Å². The van der Waals surface area contributed by atoms with Crippen molar-refractivity contribution >= 4 is 12.0 Å². The number of hydrogen-bond donors (Lipinski definition) is 0. The number of carbonyl (C=O) groups excluding carboxylic acids is 1. The van der Waals surface area contributed by atoms with Gasteiger partial charge in [-0.05, 0) is 37.0 Å². The highest BCUT2D eigenvalue weighted by Crippen LogP contribution is 2.16. The number of aryl methyl sites for hydroxylation is 2. The Hall–Kier alpha value is -1.57. The second-order valence-corrected chi connectivity index (χ2v) is 4.16. The molecule has 0 saturated heterocycles. The highest BCUT2D eigenvalue weighted by atomic mass is 16.5. The minimum atomic E-state index is -0.313. The summed E-state index contributed by atoms with van der Waals surface area (Å²) in [5.41, 5.74) is 3.66. The molecule has 0 aliphatic heterocycles. The summed E-state index contributed by atoms with van der Waals surface area (Å²) in [6.45, 7) is 4.27. The van der Waals surface area contributed by atoms with E-state index in [1.807, 2.05) is 6.08 Å². The van der Waals surface area contributed by atoms with Gasteiger partial charge >= 0.3 is 5.97 Å². The van der Waals surface area contributed by atoms with Crippen molar-refractivity contribution in [3.63, 3.8) is 0 Å². The van der Waals surface area contributed by atoms with Gasteiger partial charge in [-0.15, -0.1) is 0 Å². The molecule has 17 heavy (non-hydrogen) atoms. The van der Waals surface area contributed by atoms with E-state index >= 15 is 0 Å². The maximum absolute atomic E-state index is 11.1. The van der Waals surface area contributed by atoms with E-state index in [0.29, 0.717) is 0 Å². The molecule has 92 valence electrons. The van der Waals surface area contributed by atoms with Crippen molar-refractivity contribution in [3.05, 3.63) is 41.0 Å². The van der Waals surface area contributed by atoms with Gasteiger partial charge in [0.25, 0.3) is 0 Å². The number of ether oxygens (including phenoxy) is 1. The maximum Gasteiger partial charge on any atom is 0.330 e. The molecule has 0 atom stereocenters. The van der Waals surface area contributed by atoms with Crippen LogP contribution in [0.4, 0.5) is 0 Å². The standard InChI is InChI=1S/C15H20O2/c1-4-5-6-14-11-12(2)7-8-13(14)9-10-15(16)17-3/h7-11H,4-6H2,1-3H3/b10-9+. The van der Waals surface area contributed by atoms with Gasteiger partial charge in [-0.3, -0.25) is 0 Å². The lowest BCUT2D eigenvalue weighted by Gasteiger charge is -2.06. The SMILES string of the molecule is CCCCc1cc(C)ccc1/C=C/C(=O)OC. The van der Waals surface area contributed by atoms with Gasteiger partial charge in [0.15, 0.2) is 0 Å². The van der Waals surface area contributed by atoms with Crippen LogP contribution in [0.2, 0.25) is 0 Å². The fourth-order valence-corrected chi connectivity index (χ4v) is 1.71. The molecule has 0 saturated carbocycles. The average molecular weight is 232 g/mol. The van der Waals surface area contributed by atoms with Crippen molar-refractivity contribution in [2.45, 2.75) is 33.1 Å². The molecule has 0 aliphatic carbocycles. The van der Waals surface area contributed by atoms with Gasteiger partial charge in [0.1, 0.15) is 0 Å². The van der Waals surface area contributed by atoms with Crippen molar-refractivity contribution in [2.24, 2.45) is 0 Å². The lowest BCUT2D eigenvalue weighted by atomic mass is 9.99. The molecule has 0 heterocycles. The Labute approximate surface area is 103 Å². The molecule has 0 fully saturated rings. The summed E-state index contributed by atoms with van der Waals surface area (Å²) in [6.07, 6.45) is 6.70. The van der Waals surface area contributed by atoms with E-state index in [-0.39, 0.29) is 5.97 Å². The van der Waals surface area contributed by atoms with Crippen molar-refractivity contribution in [1.29, 1.82) is 0 Å². The lowest BCUT2D eigenvalue weighted by molar-refractivity contribution is -0.134. The van der Waals surface area contributed by atoms with E-state index in [4.69, 9.17) is 0 Å². The van der Waals surface area contributed by atoms with Gasteiger partial charge in [-0.25, -0.2) is 4.79 Å². The summed E-state index contributed by atoms with van der Waals surface area (Å²) in [6, 6.07) is 6.30. The van der Waals surface area contributed by atoms with E-state index in [2.05, 4.69) is 36.8 Å². The van der Waals surface area contributed by atoms with Gasteiger partial charge in [0.2, 0.25) is 0 Å². The van der Waals surface area contributed by atoms with Crippen LogP contribution in [-0.2, 0) is 16.0 Å². The third-order valence-corrected chi connectivity index (χ3v) is 2.70. The van der Waals surface area contributed by atoms with Crippen molar-refractivity contribution in [1.82, 2.24) is 0 Å². The normalized spacial score (nSPS) is 10.8. The molecule has 0 spiro atoms. The zero-order chi connectivity index (χ0) is 12.7. The summed E-state index contributed by atoms with van der Waals surface area (Å²) >= 11 is 0. The number of unbranched alkanes of at least 4 members (excludes halogenated alkanes) is 1. The fourth-order valence-electron chi connectivity index (χ4n) is 1.71. The molecule has 0 bridgehead atoms. The fraction of sp³-hybridized carbons (Fsp3) is 0.400. The van der Waals surface area contributed by atoms with Gasteiger partial charge in [0, 0.05) is 6.08 Å². The number of benzene rings is 1. The Morgan fingerprint density at radius 3 is 2.82 bits per heavy atom. The van der Waals surface area contributed by atoms with Gasteiger partial charge in [-0.2, -0.15) is 0 Å². The number of hydrogen-bond acceptors (Lipinski definition) is 2. The maximum atomic E-state index is 11.1. The van der Waals surface area contributed by atoms with Crippen LogP contribution in [0.1, 0.15) is 36.5 Å². The Bertz CT molecular complexity index is 405.